The molecule has 0 aromatic heterocycles. The highest BCUT2D eigenvalue weighted by Crippen LogP contribution is 2.48. The van der Waals surface area contributed by atoms with E-state index in [0.29, 0.717) is 45.9 Å². The van der Waals surface area contributed by atoms with Crippen molar-refractivity contribution in [2.75, 3.05) is 20.5 Å². The van der Waals surface area contributed by atoms with E-state index in [2.05, 4.69) is 10.2 Å². The van der Waals surface area contributed by atoms with Crippen molar-refractivity contribution in [1.82, 2.24) is 15.1 Å². The number of hydrogen-bond donors (Lipinski definition) is 2. The van der Waals surface area contributed by atoms with Gasteiger partial charge in [0.15, 0.2) is 0 Å². The molecule has 1 saturated carbocycles. The number of nitrogens with zero attached hydrogens (tertiary/aromatic N) is 1. The van der Waals surface area contributed by atoms with Crippen LogP contribution >= 0.6 is 23.2 Å². The summed E-state index contributed by atoms with van der Waals surface area (Å²) >= 11 is 13.1. The van der Waals surface area contributed by atoms with E-state index in [1.54, 1.807) is 59.5 Å². The second-order valence-corrected chi connectivity index (χ2v) is 14.2. The van der Waals surface area contributed by atoms with Crippen LogP contribution in [-0.4, -0.2) is 63.7 Å². The van der Waals surface area contributed by atoms with Crippen LogP contribution in [0.5, 0.6) is 5.75 Å². The van der Waals surface area contributed by atoms with Crippen molar-refractivity contribution in [3.8, 4) is 5.75 Å². The van der Waals surface area contributed by atoms with Gasteiger partial charge in [-0.2, -0.15) is 0 Å². The minimum atomic E-state index is -3.63. The third-order valence-corrected chi connectivity index (χ3v) is 9.74. The SMILES string of the molecule is COC(=O)c1cccc(CONC(=O)[C@@H]2c3cc(OC)ccc3C(=O)N([C@H]3CCCC[C@@H]3NS(C)(=O)=O)[C@H]2c2ccc(Cl)cc2Cl)c1. The highest BCUT2D eigenvalue weighted by molar-refractivity contribution is 7.88. The first-order valence-corrected chi connectivity index (χ1v) is 17.6. The average molecular weight is 705 g/mol. The van der Waals surface area contributed by atoms with Gasteiger partial charge in [-0.15, -0.1) is 0 Å². The second kappa shape index (κ2) is 14.6. The fourth-order valence-electron chi connectivity index (χ4n) is 6.44. The van der Waals surface area contributed by atoms with Crippen molar-refractivity contribution in [3.05, 3.63) is 98.5 Å². The zero-order chi connectivity index (χ0) is 33.9. The zero-order valence-corrected chi connectivity index (χ0v) is 28.3. The maximum absolute atomic E-state index is 14.5. The number of methoxy groups -OCH3 is 2. The van der Waals surface area contributed by atoms with E-state index in [-0.39, 0.29) is 23.1 Å². The predicted octanol–water partition coefficient (Wildman–Crippen LogP) is 5.18. The number of amides is 2. The molecule has 250 valence electrons. The Hall–Kier alpha value is -3.68. The fraction of sp³-hybridized carbons (Fsp3) is 0.364. The Morgan fingerprint density at radius 3 is 2.45 bits per heavy atom. The molecule has 1 fully saturated rings. The summed E-state index contributed by atoms with van der Waals surface area (Å²) in [6.07, 6.45) is 3.59. The van der Waals surface area contributed by atoms with Crippen LogP contribution < -0.4 is 14.9 Å². The summed E-state index contributed by atoms with van der Waals surface area (Å²) in [5.74, 6) is -2.12. The van der Waals surface area contributed by atoms with Gasteiger partial charge >= 0.3 is 5.97 Å². The van der Waals surface area contributed by atoms with Crippen LogP contribution in [0, 0.1) is 0 Å². The van der Waals surface area contributed by atoms with Crippen molar-refractivity contribution in [2.24, 2.45) is 0 Å². The number of rotatable bonds is 10. The maximum Gasteiger partial charge on any atom is 0.337 e. The minimum Gasteiger partial charge on any atom is -0.497 e. The van der Waals surface area contributed by atoms with Gasteiger partial charge < -0.3 is 14.4 Å². The van der Waals surface area contributed by atoms with E-state index in [9.17, 15) is 22.8 Å². The van der Waals surface area contributed by atoms with E-state index in [0.717, 1.165) is 19.1 Å². The molecule has 0 spiro atoms. The predicted molar refractivity (Wildman–Crippen MR) is 176 cm³/mol. The van der Waals surface area contributed by atoms with Gasteiger partial charge in [0.05, 0.1) is 44.6 Å². The van der Waals surface area contributed by atoms with Crippen molar-refractivity contribution >= 4 is 51.0 Å². The number of nitrogens with one attached hydrogen (secondary N) is 2. The lowest BCUT2D eigenvalue weighted by molar-refractivity contribution is -0.138. The molecule has 3 aromatic carbocycles. The molecule has 4 atom stereocenters. The van der Waals surface area contributed by atoms with Crippen molar-refractivity contribution < 1.29 is 37.1 Å². The Balaban J connectivity index is 1.59. The lowest BCUT2D eigenvalue weighted by atomic mass is 9.76. The molecule has 2 N–H and O–H groups in total. The molecule has 11 nitrogen and oxygen atoms in total. The zero-order valence-electron chi connectivity index (χ0n) is 26.0. The molecule has 0 saturated heterocycles. The molecule has 0 bridgehead atoms. The molecule has 47 heavy (non-hydrogen) atoms. The number of esters is 1. The summed E-state index contributed by atoms with van der Waals surface area (Å²) in [4.78, 5) is 48.1. The Morgan fingerprint density at radius 1 is 0.979 bits per heavy atom. The lowest BCUT2D eigenvalue weighted by Gasteiger charge is -2.49. The molecule has 1 aliphatic heterocycles. The van der Waals surface area contributed by atoms with Gasteiger partial charge in [-0.05, 0) is 72.0 Å². The molecule has 2 amide bonds. The van der Waals surface area contributed by atoms with Crippen LogP contribution in [0.3, 0.4) is 0 Å². The first-order chi connectivity index (χ1) is 22.4. The van der Waals surface area contributed by atoms with E-state index in [1.165, 1.54) is 20.3 Å². The monoisotopic (exact) mass is 703 g/mol. The van der Waals surface area contributed by atoms with Crippen LogP contribution in [0.1, 0.15) is 75.0 Å². The van der Waals surface area contributed by atoms with E-state index in [1.807, 2.05) is 0 Å². The Labute approximate surface area is 283 Å². The lowest BCUT2D eigenvalue weighted by Crippen LogP contribution is -2.59. The Bertz CT molecular complexity index is 1790. The average Bonchev–Trinajstić information content (AvgIpc) is 3.04. The van der Waals surface area contributed by atoms with Gasteiger partial charge in [0, 0.05) is 27.7 Å². The Kier molecular flexibility index (Phi) is 10.8. The first kappa shape index (κ1) is 34.6. The van der Waals surface area contributed by atoms with E-state index in [4.69, 9.17) is 37.5 Å². The molecular formula is C33H35Cl2N3O8S. The van der Waals surface area contributed by atoms with Crippen LogP contribution in [0.15, 0.2) is 60.7 Å². The summed E-state index contributed by atoms with van der Waals surface area (Å²) in [5, 5.41) is 0.593. The summed E-state index contributed by atoms with van der Waals surface area (Å²) < 4.78 is 37.9. The van der Waals surface area contributed by atoms with Gasteiger partial charge in [-0.1, -0.05) is 54.2 Å². The number of carbonyl (C=O) groups excluding carboxylic acids is 3. The van der Waals surface area contributed by atoms with Crippen molar-refractivity contribution in [2.45, 2.75) is 56.3 Å². The standard InChI is InChI=1S/C33H35Cl2N3O8S/c1-44-22-12-14-23-25(17-22)29(31(39)36-46-18-19-7-6-8-20(15-19)33(41)45-2)30(24-13-11-21(34)16-26(24)35)38(32(23)40)28-10-5-4-9-27(28)37-47(3,42)43/h6-8,11-17,27-30,37H,4-5,9-10,18H2,1-3H3,(H,36,39)/t27-,28-,29+,30-/m0/s1. The molecule has 0 radical (unpaired) electrons. The number of sulfonamides is 1. The maximum atomic E-state index is 14.5. The fourth-order valence-corrected chi connectivity index (χ4v) is 7.79. The normalized spacial score (nSPS) is 21.1. The molecule has 5 rings (SSSR count). The molecule has 1 aliphatic carbocycles. The van der Waals surface area contributed by atoms with Crippen LogP contribution in [0.25, 0.3) is 0 Å². The van der Waals surface area contributed by atoms with Gasteiger partial charge in [0.2, 0.25) is 10.0 Å². The van der Waals surface area contributed by atoms with Crippen molar-refractivity contribution in [3.63, 3.8) is 0 Å². The van der Waals surface area contributed by atoms with Gasteiger partial charge in [-0.3, -0.25) is 14.4 Å². The summed E-state index contributed by atoms with van der Waals surface area (Å²) in [6, 6.07) is 14.1. The number of hydroxylamine groups is 1. The quantitative estimate of drug-likeness (QED) is 0.218. The van der Waals surface area contributed by atoms with Gasteiger partial charge in [0.25, 0.3) is 11.8 Å². The summed E-state index contributed by atoms with van der Waals surface area (Å²) in [6.45, 7) is -0.0771. The van der Waals surface area contributed by atoms with E-state index < -0.39 is 45.9 Å². The molecule has 14 heteroatoms. The summed E-state index contributed by atoms with van der Waals surface area (Å²) in [7, 11) is -0.866. The largest absolute Gasteiger partial charge is 0.497 e. The van der Waals surface area contributed by atoms with Gasteiger partial charge in [-0.25, -0.2) is 23.4 Å². The number of halogens is 2. The third-order valence-electron chi connectivity index (χ3n) is 8.45. The number of benzene rings is 3. The van der Waals surface area contributed by atoms with Crippen LogP contribution in [-0.2, 0) is 31.0 Å². The molecule has 1 heterocycles. The number of hydrogen-bond acceptors (Lipinski definition) is 8. The smallest absolute Gasteiger partial charge is 0.337 e. The summed E-state index contributed by atoms with van der Waals surface area (Å²) in [5.41, 5.74) is 4.58. The van der Waals surface area contributed by atoms with Gasteiger partial charge in [0.1, 0.15) is 5.75 Å². The highest BCUT2D eigenvalue weighted by atomic mass is 35.5. The van der Waals surface area contributed by atoms with E-state index >= 15 is 0 Å². The minimum absolute atomic E-state index is 0.0771. The first-order valence-electron chi connectivity index (χ1n) is 14.9. The molecular weight excluding hydrogens is 669 g/mol. The molecule has 3 aromatic rings. The number of carbonyl (C=O) groups is 3. The Morgan fingerprint density at radius 2 is 1.74 bits per heavy atom. The second-order valence-electron chi connectivity index (χ2n) is 11.5. The van der Waals surface area contributed by atoms with Crippen LogP contribution in [0.2, 0.25) is 10.0 Å². The molecule has 0 unspecified atom stereocenters. The topological polar surface area (TPSA) is 140 Å². The number of fused-ring (bicyclic) bond motifs is 1. The van der Waals surface area contributed by atoms with Crippen LogP contribution in [0.4, 0.5) is 0 Å². The van der Waals surface area contributed by atoms with Crippen molar-refractivity contribution in [1.29, 1.82) is 0 Å². The number of ether oxygens (including phenoxy) is 2. The third kappa shape index (κ3) is 7.73. The highest BCUT2D eigenvalue weighted by Gasteiger charge is 2.49. The molecule has 2 aliphatic rings.